The Morgan fingerprint density at radius 1 is 1.31 bits per heavy atom. The molecule has 0 radical (unpaired) electrons. The molecular formula is C13H18O3. The van der Waals surface area contributed by atoms with Gasteiger partial charge in [-0.15, -0.1) is 0 Å². The molecule has 0 atom stereocenters. The van der Waals surface area contributed by atoms with Gasteiger partial charge in [0.2, 0.25) is 0 Å². The maximum absolute atomic E-state index is 11.4. The molecule has 3 nitrogen and oxygen atoms in total. The van der Waals surface area contributed by atoms with Gasteiger partial charge in [-0.2, -0.15) is 0 Å². The van der Waals surface area contributed by atoms with Crippen LogP contribution < -0.4 is 4.74 Å². The predicted molar refractivity (Wildman–Crippen MR) is 63.1 cm³/mol. The largest absolute Gasteiger partial charge is 0.493 e. The maximum atomic E-state index is 11.4. The molecule has 0 bridgehead atoms. The molecule has 0 N–H and O–H groups in total. The van der Waals surface area contributed by atoms with E-state index in [2.05, 4.69) is 0 Å². The predicted octanol–water partition coefficient (Wildman–Crippen LogP) is 2.74. The Kier molecular flexibility index (Phi) is 4.35. The number of carbonyl (C=O) groups is 1. The van der Waals surface area contributed by atoms with Crippen LogP contribution >= 0.6 is 0 Å². The highest BCUT2D eigenvalue weighted by Gasteiger charge is 2.12. The Hall–Kier alpha value is -1.51. The van der Waals surface area contributed by atoms with E-state index in [1.807, 2.05) is 26.8 Å². The summed E-state index contributed by atoms with van der Waals surface area (Å²) >= 11 is 0. The van der Waals surface area contributed by atoms with Crippen molar-refractivity contribution in [2.24, 2.45) is 0 Å². The quantitative estimate of drug-likeness (QED) is 0.735. The molecule has 0 aliphatic carbocycles. The lowest BCUT2D eigenvalue weighted by molar-refractivity contribution is 0.0600. The molecule has 0 aliphatic rings. The molecule has 1 aromatic carbocycles. The number of methoxy groups -OCH3 is 1. The fraction of sp³-hybridized carbons (Fsp3) is 0.462. The SMILES string of the molecule is CCOc1c(C)cc(C(=O)OC)cc1CC. The fourth-order valence-electron chi connectivity index (χ4n) is 1.70. The van der Waals surface area contributed by atoms with E-state index in [1.165, 1.54) is 7.11 Å². The van der Waals surface area contributed by atoms with Crippen molar-refractivity contribution in [1.29, 1.82) is 0 Å². The van der Waals surface area contributed by atoms with Gasteiger partial charge in [0.05, 0.1) is 19.3 Å². The second-order valence-corrected chi connectivity index (χ2v) is 3.56. The monoisotopic (exact) mass is 222 g/mol. The van der Waals surface area contributed by atoms with Gasteiger partial charge in [0.1, 0.15) is 5.75 Å². The Bertz CT molecular complexity index is 383. The summed E-state index contributed by atoms with van der Waals surface area (Å²) in [5, 5.41) is 0. The zero-order valence-electron chi connectivity index (χ0n) is 10.3. The van der Waals surface area contributed by atoms with Crippen molar-refractivity contribution in [3.8, 4) is 5.75 Å². The van der Waals surface area contributed by atoms with Crippen LogP contribution in [0.2, 0.25) is 0 Å². The molecule has 0 saturated heterocycles. The lowest BCUT2D eigenvalue weighted by atomic mass is 10.0. The summed E-state index contributed by atoms with van der Waals surface area (Å²) in [5.74, 6) is 0.582. The molecule has 0 fully saturated rings. The zero-order chi connectivity index (χ0) is 12.1. The van der Waals surface area contributed by atoms with E-state index in [9.17, 15) is 4.79 Å². The smallest absolute Gasteiger partial charge is 0.337 e. The molecule has 0 aromatic heterocycles. The topological polar surface area (TPSA) is 35.5 Å². The van der Waals surface area contributed by atoms with Gasteiger partial charge in [-0.1, -0.05) is 6.92 Å². The third-order valence-electron chi connectivity index (χ3n) is 2.44. The molecule has 0 spiro atoms. The molecule has 16 heavy (non-hydrogen) atoms. The Labute approximate surface area is 96.4 Å². The summed E-state index contributed by atoms with van der Waals surface area (Å²) in [5.41, 5.74) is 2.60. The Balaban J connectivity index is 3.20. The minimum Gasteiger partial charge on any atom is -0.493 e. The standard InChI is InChI=1S/C13H18O3/c1-5-10-8-11(13(14)15-4)7-9(3)12(10)16-6-2/h7-8H,5-6H2,1-4H3. The maximum Gasteiger partial charge on any atom is 0.337 e. The van der Waals surface area contributed by atoms with Gasteiger partial charge in [0, 0.05) is 0 Å². The number of rotatable bonds is 4. The minimum absolute atomic E-state index is 0.305. The van der Waals surface area contributed by atoms with Gasteiger partial charge in [-0.3, -0.25) is 0 Å². The van der Waals surface area contributed by atoms with Crippen LogP contribution in [0.1, 0.15) is 35.3 Å². The van der Waals surface area contributed by atoms with Crippen LogP contribution in [0.3, 0.4) is 0 Å². The number of esters is 1. The summed E-state index contributed by atoms with van der Waals surface area (Å²) in [7, 11) is 1.39. The highest BCUT2D eigenvalue weighted by molar-refractivity contribution is 5.90. The van der Waals surface area contributed by atoms with Gasteiger partial charge in [0.15, 0.2) is 0 Å². The van der Waals surface area contributed by atoms with E-state index in [0.717, 1.165) is 23.3 Å². The van der Waals surface area contributed by atoms with Crippen molar-refractivity contribution in [2.75, 3.05) is 13.7 Å². The van der Waals surface area contributed by atoms with Crippen LogP contribution in [0.5, 0.6) is 5.75 Å². The van der Waals surface area contributed by atoms with Crippen molar-refractivity contribution in [1.82, 2.24) is 0 Å². The van der Waals surface area contributed by atoms with Crippen LogP contribution in [0, 0.1) is 6.92 Å². The highest BCUT2D eigenvalue weighted by Crippen LogP contribution is 2.26. The van der Waals surface area contributed by atoms with E-state index in [-0.39, 0.29) is 5.97 Å². The first kappa shape index (κ1) is 12.6. The van der Waals surface area contributed by atoms with Gasteiger partial charge in [-0.25, -0.2) is 4.79 Å². The number of ether oxygens (including phenoxy) is 2. The lowest BCUT2D eigenvalue weighted by Crippen LogP contribution is -2.05. The minimum atomic E-state index is -0.305. The molecule has 0 aliphatic heterocycles. The summed E-state index contributed by atoms with van der Waals surface area (Å²) < 4.78 is 10.3. The van der Waals surface area contributed by atoms with Crippen molar-refractivity contribution in [2.45, 2.75) is 27.2 Å². The van der Waals surface area contributed by atoms with Crippen LogP contribution in [0.4, 0.5) is 0 Å². The number of aryl methyl sites for hydroxylation is 2. The van der Waals surface area contributed by atoms with E-state index in [4.69, 9.17) is 9.47 Å². The molecular weight excluding hydrogens is 204 g/mol. The summed E-state index contributed by atoms with van der Waals surface area (Å²) in [6, 6.07) is 3.64. The summed E-state index contributed by atoms with van der Waals surface area (Å²) in [6.45, 7) is 6.56. The Morgan fingerprint density at radius 3 is 2.50 bits per heavy atom. The molecule has 0 unspecified atom stereocenters. The molecule has 1 rings (SSSR count). The van der Waals surface area contributed by atoms with Crippen LogP contribution in [-0.4, -0.2) is 19.7 Å². The van der Waals surface area contributed by atoms with Gasteiger partial charge < -0.3 is 9.47 Å². The zero-order valence-corrected chi connectivity index (χ0v) is 10.3. The molecule has 0 amide bonds. The highest BCUT2D eigenvalue weighted by atomic mass is 16.5. The van der Waals surface area contributed by atoms with E-state index < -0.39 is 0 Å². The first-order valence-electron chi connectivity index (χ1n) is 5.48. The average molecular weight is 222 g/mol. The Morgan fingerprint density at radius 2 is 2.00 bits per heavy atom. The second kappa shape index (κ2) is 5.54. The molecule has 1 aromatic rings. The first-order chi connectivity index (χ1) is 7.63. The van der Waals surface area contributed by atoms with Crippen molar-refractivity contribution >= 4 is 5.97 Å². The number of carbonyl (C=O) groups excluding carboxylic acids is 1. The van der Waals surface area contributed by atoms with Gasteiger partial charge >= 0.3 is 5.97 Å². The third-order valence-corrected chi connectivity index (χ3v) is 2.44. The second-order valence-electron chi connectivity index (χ2n) is 3.56. The van der Waals surface area contributed by atoms with Gasteiger partial charge in [-0.05, 0) is 43.5 Å². The average Bonchev–Trinajstić information content (AvgIpc) is 2.30. The normalized spacial score (nSPS) is 10.0. The third kappa shape index (κ3) is 2.54. The lowest BCUT2D eigenvalue weighted by Gasteiger charge is -2.13. The number of hydrogen-bond acceptors (Lipinski definition) is 3. The first-order valence-corrected chi connectivity index (χ1v) is 5.48. The number of hydrogen-bond donors (Lipinski definition) is 0. The van der Waals surface area contributed by atoms with E-state index >= 15 is 0 Å². The van der Waals surface area contributed by atoms with E-state index in [1.54, 1.807) is 6.07 Å². The van der Waals surface area contributed by atoms with Crippen molar-refractivity contribution in [3.63, 3.8) is 0 Å². The van der Waals surface area contributed by atoms with Crippen LogP contribution in [0.15, 0.2) is 12.1 Å². The van der Waals surface area contributed by atoms with Crippen molar-refractivity contribution in [3.05, 3.63) is 28.8 Å². The molecule has 88 valence electrons. The molecule has 0 heterocycles. The molecule has 3 heteroatoms. The van der Waals surface area contributed by atoms with E-state index in [0.29, 0.717) is 12.2 Å². The van der Waals surface area contributed by atoms with Gasteiger partial charge in [0.25, 0.3) is 0 Å². The fourth-order valence-corrected chi connectivity index (χ4v) is 1.70. The van der Waals surface area contributed by atoms with Crippen LogP contribution in [-0.2, 0) is 11.2 Å². The number of benzene rings is 1. The summed E-state index contributed by atoms with van der Waals surface area (Å²) in [4.78, 5) is 11.4. The van der Waals surface area contributed by atoms with Crippen molar-refractivity contribution < 1.29 is 14.3 Å². The van der Waals surface area contributed by atoms with Crippen LogP contribution in [0.25, 0.3) is 0 Å². The summed E-state index contributed by atoms with van der Waals surface area (Å²) in [6.07, 6.45) is 0.834. The molecule has 0 saturated carbocycles.